The number of fused-ring (bicyclic) bond motifs is 2. The number of non-ortho nitro benzene ring substituents is 1. The van der Waals surface area contributed by atoms with E-state index in [9.17, 15) is 14.9 Å². The minimum Gasteiger partial charge on any atom is -0.289 e. The molecule has 0 aromatic heterocycles. The van der Waals surface area contributed by atoms with Crippen LogP contribution in [0.4, 0.5) is 5.69 Å². The summed E-state index contributed by atoms with van der Waals surface area (Å²) in [7, 11) is 0. The average molecular weight is 239 g/mol. The lowest BCUT2D eigenvalue weighted by Gasteiger charge is -2.17. The van der Waals surface area contributed by atoms with Gasteiger partial charge >= 0.3 is 0 Å². The summed E-state index contributed by atoms with van der Waals surface area (Å²) in [6.45, 7) is 0. The predicted octanol–water partition coefficient (Wildman–Crippen LogP) is 2.73. The summed E-state index contributed by atoms with van der Waals surface area (Å²) in [6.07, 6.45) is 0.648. The SMILES string of the molecule is O=C1c2ccccc2Cc2ccc([N+](=O)[O-])cc21. The molecule has 0 unspecified atom stereocenters. The zero-order valence-corrected chi connectivity index (χ0v) is 9.42. The molecule has 0 fully saturated rings. The maximum absolute atomic E-state index is 12.3. The molecule has 0 aliphatic heterocycles. The first-order chi connectivity index (χ1) is 8.66. The number of hydrogen-bond donors (Lipinski definition) is 0. The van der Waals surface area contributed by atoms with Gasteiger partial charge in [-0.25, -0.2) is 0 Å². The number of carbonyl (C=O) groups excluding carboxylic acids is 1. The van der Waals surface area contributed by atoms with Gasteiger partial charge in [-0.15, -0.1) is 0 Å². The number of carbonyl (C=O) groups is 1. The Hall–Kier alpha value is -2.49. The van der Waals surface area contributed by atoms with Crippen molar-refractivity contribution in [3.05, 3.63) is 74.8 Å². The molecule has 88 valence electrons. The molecule has 18 heavy (non-hydrogen) atoms. The maximum Gasteiger partial charge on any atom is 0.270 e. The van der Waals surface area contributed by atoms with E-state index in [4.69, 9.17) is 0 Å². The first kappa shape index (κ1) is 10.7. The summed E-state index contributed by atoms with van der Waals surface area (Å²) in [4.78, 5) is 22.5. The zero-order valence-electron chi connectivity index (χ0n) is 9.42. The van der Waals surface area contributed by atoms with Gasteiger partial charge in [-0.05, 0) is 17.5 Å². The van der Waals surface area contributed by atoms with E-state index in [2.05, 4.69) is 0 Å². The molecule has 0 amide bonds. The molecule has 1 aliphatic rings. The van der Waals surface area contributed by atoms with Crippen molar-refractivity contribution >= 4 is 11.5 Å². The molecule has 0 bridgehead atoms. The van der Waals surface area contributed by atoms with E-state index in [1.165, 1.54) is 12.1 Å². The summed E-state index contributed by atoms with van der Waals surface area (Å²) in [6, 6.07) is 11.9. The summed E-state index contributed by atoms with van der Waals surface area (Å²) < 4.78 is 0. The summed E-state index contributed by atoms with van der Waals surface area (Å²) in [5, 5.41) is 10.7. The second kappa shape index (κ2) is 3.77. The lowest BCUT2D eigenvalue weighted by Crippen LogP contribution is -2.15. The fraction of sp³-hybridized carbons (Fsp3) is 0.0714. The minimum atomic E-state index is -0.478. The predicted molar refractivity (Wildman–Crippen MR) is 65.8 cm³/mol. The number of nitro groups is 1. The molecule has 2 aromatic rings. The standard InChI is InChI=1S/C14H9NO3/c16-14-12-4-2-1-3-9(12)7-10-5-6-11(15(17)18)8-13(10)14/h1-6,8H,7H2. The molecule has 0 saturated heterocycles. The number of nitro benzene ring substituents is 1. The van der Waals surface area contributed by atoms with Crippen LogP contribution in [-0.4, -0.2) is 10.7 Å². The Labute approximate surface area is 103 Å². The van der Waals surface area contributed by atoms with Crippen LogP contribution in [0.15, 0.2) is 42.5 Å². The van der Waals surface area contributed by atoms with Crippen molar-refractivity contribution < 1.29 is 9.72 Å². The third kappa shape index (κ3) is 1.50. The molecule has 0 N–H and O–H groups in total. The second-order valence-electron chi connectivity index (χ2n) is 4.26. The van der Waals surface area contributed by atoms with Crippen LogP contribution in [0.1, 0.15) is 27.0 Å². The van der Waals surface area contributed by atoms with Gasteiger partial charge in [-0.1, -0.05) is 30.3 Å². The van der Waals surface area contributed by atoms with Crippen LogP contribution in [0, 0.1) is 10.1 Å². The van der Waals surface area contributed by atoms with Crippen molar-refractivity contribution in [1.29, 1.82) is 0 Å². The largest absolute Gasteiger partial charge is 0.289 e. The highest BCUT2D eigenvalue weighted by atomic mass is 16.6. The van der Waals surface area contributed by atoms with Gasteiger partial charge in [0.15, 0.2) is 5.78 Å². The van der Waals surface area contributed by atoms with E-state index in [1.54, 1.807) is 18.2 Å². The Morgan fingerprint density at radius 3 is 2.50 bits per heavy atom. The van der Waals surface area contributed by atoms with Gasteiger partial charge in [-0.2, -0.15) is 0 Å². The summed E-state index contributed by atoms with van der Waals surface area (Å²) in [5.74, 6) is -0.129. The molecular formula is C14H9NO3. The molecule has 0 atom stereocenters. The fourth-order valence-electron chi connectivity index (χ4n) is 2.29. The van der Waals surface area contributed by atoms with E-state index in [-0.39, 0.29) is 11.5 Å². The van der Waals surface area contributed by atoms with Crippen LogP contribution in [0.3, 0.4) is 0 Å². The Bertz CT molecular complexity index is 676. The zero-order chi connectivity index (χ0) is 12.7. The quantitative estimate of drug-likeness (QED) is 0.484. The molecule has 0 heterocycles. The number of nitrogens with zero attached hydrogens (tertiary/aromatic N) is 1. The number of ketones is 1. The highest BCUT2D eigenvalue weighted by Crippen LogP contribution is 2.29. The lowest BCUT2D eigenvalue weighted by molar-refractivity contribution is -0.384. The third-order valence-corrected chi connectivity index (χ3v) is 3.19. The first-order valence-corrected chi connectivity index (χ1v) is 5.57. The Morgan fingerprint density at radius 2 is 1.72 bits per heavy atom. The summed E-state index contributed by atoms with van der Waals surface area (Å²) in [5.41, 5.74) is 2.88. The van der Waals surface area contributed by atoms with E-state index in [0.717, 1.165) is 11.1 Å². The molecule has 2 aromatic carbocycles. The fourth-order valence-corrected chi connectivity index (χ4v) is 2.29. The minimum absolute atomic E-state index is 0.0403. The van der Waals surface area contributed by atoms with Gasteiger partial charge in [-0.3, -0.25) is 14.9 Å². The molecule has 0 saturated carbocycles. The van der Waals surface area contributed by atoms with Gasteiger partial charge in [0.25, 0.3) is 5.69 Å². The normalized spacial score (nSPS) is 12.8. The number of hydrogen-bond acceptors (Lipinski definition) is 3. The monoisotopic (exact) mass is 239 g/mol. The Kier molecular flexibility index (Phi) is 2.23. The van der Waals surface area contributed by atoms with Gasteiger partial charge in [0.2, 0.25) is 0 Å². The second-order valence-corrected chi connectivity index (χ2v) is 4.26. The van der Waals surface area contributed by atoms with Gasteiger partial charge in [0.1, 0.15) is 0 Å². The lowest BCUT2D eigenvalue weighted by atomic mass is 9.85. The highest BCUT2D eigenvalue weighted by Gasteiger charge is 2.24. The first-order valence-electron chi connectivity index (χ1n) is 5.57. The molecule has 0 spiro atoms. The molecule has 0 radical (unpaired) electrons. The van der Waals surface area contributed by atoms with E-state index >= 15 is 0 Å². The number of rotatable bonds is 1. The van der Waals surface area contributed by atoms with Crippen LogP contribution in [0.5, 0.6) is 0 Å². The van der Waals surface area contributed by atoms with Crippen molar-refractivity contribution in [2.24, 2.45) is 0 Å². The Morgan fingerprint density at radius 1 is 1.00 bits per heavy atom. The van der Waals surface area contributed by atoms with Crippen molar-refractivity contribution in [3.63, 3.8) is 0 Å². The van der Waals surface area contributed by atoms with Gasteiger partial charge in [0, 0.05) is 23.3 Å². The topological polar surface area (TPSA) is 60.2 Å². The molecule has 4 nitrogen and oxygen atoms in total. The Balaban J connectivity index is 2.17. The maximum atomic E-state index is 12.3. The number of benzene rings is 2. The van der Waals surface area contributed by atoms with Gasteiger partial charge < -0.3 is 0 Å². The van der Waals surface area contributed by atoms with E-state index in [0.29, 0.717) is 17.5 Å². The molecule has 4 heteroatoms. The summed E-state index contributed by atoms with van der Waals surface area (Å²) >= 11 is 0. The highest BCUT2D eigenvalue weighted by molar-refractivity contribution is 6.12. The van der Waals surface area contributed by atoms with Crippen LogP contribution in [-0.2, 0) is 6.42 Å². The van der Waals surface area contributed by atoms with Crippen molar-refractivity contribution in [2.75, 3.05) is 0 Å². The average Bonchev–Trinajstić information content (AvgIpc) is 2.38. The van der Waals surface area contributed by atoms with E-state index < -0.39 is 4.92 Å². The molecular weight excluding hydrogens is 230 g/mol. The smallest absolute Gasteiger partial charge is 0.270 e. The van der Waals surface area contributed by atoms with Crippen LogP contribution < -0.4 is 0 Å². The molecule has 3 rings (SSSR count). The van der Waals surface area contributed by atoms with E-state index in [1.807, 2.05) is 12.1 Å². The molecule has 1 aliphatic carbocycles. The van der Waals surface area contributed by atoms with Crippen molar-refractivity contribution in [3.8, 4) is 0 Å². The van der Waals surface area contributed by atoms with Crippen molar-refractivity contribution in [2.45, 2.75) is 6.42 Å². The van der Waals surface area contributed by atoms with Gasteiger partial charge in [0.05, 0.1) is 4.92 Å². The third-order valence-electron chi connectivity index (χ3n) is 3.19. The van der Waals surface area contributed by atoms with Crippen molar-refractivity contribution in [1.82, 2.24) is 0 Å². The van der Waals surface area contributed by atoms with Crippen LogP contribution in [0.2, 0.25) is 0 Å². The van der Waals surface area contributed by atoms with Crippen LogP contribution in [0.25, 0.3) is 0 Å². The van der Waals surface area contributed by atoms with Crippen LogP contribution >= 0.6 is 0 Å².